The van der Waals surface area contributed by atoms with Crippen LogP contribution < -0.4 is 9.80 Å². The topological polar surface area (TPSA) is 47.3 Å². The molecule has 7 nitrogen and oxygen atoms in total. The summed E-state index contributed by atoms with van der Waals surface area (Å²) in [5.74, 6) is 0. The second kappa shape index (κ2) is 8.82. The van der Waals surface area contributed by atoms with Gasteiger partial charge in [-0.2, -0.15) is 5.10 Å². The summed E-state index contributed by atoms with van der Waals surface area (Å²) in [4.78, 5) is 20.2. The second-order valence-electron chi connectivity index (χ2n) is 9.07. The van der Waals surface area contributed by atoms with Gasteiger partial charge in [0.1, 0.15) is 0 Å². The standard InChI is InChI=1S/C25H32N6O/c1-20(2)28-13-15-29(16-14-28)23-5-3-21(4-6-23)22-17-25-24(7-8-26-31(25)18-22)30-11-9-27(19-32)10-12-30/h3-8,17-20H,9-16H2,1-2H3. The fourth-order valence-corrected chi connectivity index (χ4v) is 4.85. The predicted octanol–water partition coefficient (Wildman–Crippen LogP) is 2.81. The van der Waals surface area contributed by atoms with E-state index >= 15 is 0 Å². The molecule has 0 aliphatic carbocycles. The van der Waals surface area contributed by atoms with Crippen molar-refractivity contribution in [2.75, 3.05) is 62.2 Å². The van der Waals surface area contributed by atoms with E-state index in [0.717, 1.165) is 64.3 Å². The maximum Gasteiger partial charge on any atom is 0.209 e. The van der Waals surface area contributed by atoms with E-state index < -0.39 is 0 Å². The van der Waals surface area contributed by atoms with Crippen LogP contribution in [0.15, 0.2) is 48.8 Å². The van der Waals surface area contributed by atoms with Gasteiger partial charge >= 0.3 is 0 Å². The number of benzene rings is 1. The molecular weight excluding hydrogens is 400 g/mol. The Kier molecular flexibility index (Phi) is 5.74. The third-order valence-corrected chi connectivity index (χ3v) is 6.90. The van der Waals surface area contributed by atoms with Gasteiger partial charge in [-0.25, -0.2) is 4.52 Å². The smallest absolute Gasteiger partial charge is 0.209 e. The highest BCUT2D eigenvalue weighted by Crippen LogP contribution is 2.30. The van der Waals surface area contributed by atoms with Crippen LogP contribution in [0.5, 0.6) is 0 Å². The number of amides is 1. The summed E-state index contributed by atoms with van der Waals surface area (Å²) in [5, 5.41) is 4.54. The first-order valence-electron chi connectivity index (χ1n) is 11.6. The van der Waals surface area contributed by atoms with Crippen LogP contribution in [0.25, 0.3) is 16.6 Å². The van der Waals surface area contributed by atoms with Crippen LogP contribution in [0, 0.1) is 0 Å². The molecule has 2 aromatic heterocycles. The lowest BCUT2D eigenvalue weighted by Gasteiger charge is -2.38. The van der Waals surface area contributed by atoms with Crippen molar-refractivity contribution in [1.82, 2.24) is 19.4 Å². The number of hydrogen-bond acceptors (Lipinski definition) is 5. The van der Waals surface area contributed by atoms with Crippen LogP contribution >= 0.6 is 0 Å². The lowest BCUT2D eigenvalue weighted by Crippen LogP contribution is -2.48. The SMILES string of the molecule is CC(C)N1CCN(c2ccc(-c3cc4c(N5CCN(C=O)CC5)ccnn4c3)cc2)CC1. The third-order valence-electron chi connectivity index (χ3n) is 6.90. The van der Waals surface area contributed by atoms with Gasteiger partial charge in [-0.1, -0.05) is 12.1 Å². The van der Waals surface area contributed by atoms with Gasteiger partial charge in [0, 0.05) is 82.0 Å². The first-order valence-corrected chi connectivity index (χ1v) is 11.6. The van der Waals surface area contributed by atoms with Crippen LogP contribution in [-0.2, 0) is 4.79 Å². The summed E-state index contributed by atoms with van der Waals surface area (Å²) in [7, 11) is 0. The Morgan fingerprint density at radius 1 is 0.844 bits per heavy atom. The maximum atomic E-state index is 11.0. The lowest BCUT2D eigenvalue weighted by molar-refractivity contribution is -0.118. The summed E-state index contributed by atoms with van der Waals surface area (Å²) < 4.78 is 1.97. The van der Waals surface area contributed by atoms with E-state index in [4.69, 9.17) is 0 Å². The number of carbonyl (C=O) groups is 1. The minimum atomic E-state index is 0.621. The van der Waals surface area contributed by atoms with E-state index in [0.29, 0.717) is 6.04 Å². The number of nitrogens with zero attached hydrogens (tertiary/aromatic N) is 6. The second-order valence-corrected chi connectivity index (χ2v) is 9.07. The van der Waals surface area contributed by atoms with E-state index in [-0.39, 0.29) is 0 Å². The van der Waals surface area contributed by atoms with E-state index in [1.807, 2.05) is 15.6 Å². The highest BCUT2D eigenvalue weighted by Gasteiger charge is 2.20. The van der Waals surface area contributed by atoms with Crippen LogP contribution in [-0.4, -0.2) is 84.2 Å². The number of piperazine rings is 2. The first-order chi connectivity index (χ1) is 15.6. The summed E-state index contributed by atoms with van der Waals surface area (Å²) in [5.41, 5.74) is 5.96. The lowest BCUT2D eigenvalue weighted by atomic mass is 10.1. The van der Waals surface area contributed by atoms with E-state index in [9.17, 15) is 4.79 Å². The zero-order valence-electron chi connectivity index (χ0n) is 19.0. The predicted molar refractivity (Wildman–Crippen MR) is 129 cm³/mol. The van der Waals surface area contributed by atoms with Crippen molar-refractivity contribution >= 4 is 23.3 Å². The van der Waals surface area contributed by atoms with Crippen LogP contribution in [0.4, 0.5) is 11.4 Å². The van der Waals surface area contributed by atoms with Gasteiger partial charge in [0.25, 0.3) is 0 Å². The van der Waals surface area contributed by atoms with Crippen molar-refractivity contribution in [1.29, 1.82) is 0 Å². The Balaban J connectivity index is 1.34. The van der Waals surface area contributed by atoms with Crippen molar-refractivity contribution in [3.63, 3.8) is 0 Å². The van der Waals surface area contributed by atoms with E-state index in [1.165, 1.54) is 22.5 Å². The molecule has 2 aliphatic rings. The normalized spacial score (nSPS) is 18.0. The van der Waals surface area contributed by atoms with Crippen molar-refractivity contribution in [3.8, 4) is 11.1 Å². The quantitative estimate of drug-likeness (QED) is 0.581. The molecule has 0 saturated carbocycles. The summed E-state index contributed by atoms with van der Waals surface area (Å²) in [6.07, 6.45) is 4.91. The van der Waals surface area contributed by atoms with Gasteiger partial charge in [0.15, 0.2) is 0 Å². The highest BCUT2D eigenvalue weighted by molar-refractivity contribution is 5.80. The molecule has 2 saturated heterocycles. The maximum absolute atomic E-state index is 11.0. The zero-order valence-corrected chi connectivity index (χ0v) is 19.0. The molecule has 3 aromatic rings. The number of hydrogen-bond donors (Lipinski definition) is 0. The Morgan fingerprint density at radius 3 is 2.19 bits per heavy atom. The van der Waals surface area contributed by atoms with Gasteiger partial charge in [0.05, 0.1) is 11.2 Å². The molecule has 0 spiro atoms. The molecule has 1 amide bonds. The van der Waals surface area contributed by atoms with Gasteiger partial charge in [-0.05, 0) is 43.7 Å². The number of fused-ring (bicyclic) bond motifs is 1. The molecular formula is C25H32N6O. The number of rotatable bonds is 5. The Hall–Kier alpha value is -3.06. The highest BCUT2D eigenvalue weighted by atomic mass is 16.1. The number of carbonyl (C=O) groups excluding carboxylic acids is 1. The minimum absolute atomic E-state index is 0.621. The summed E-state index contributed by atoms with van der Waals surface area (Å²) in [6, 6.07) is 13.9. The molecule has 1 aromatic carbocycles. The van der Waals surface area contributed by atoms with Crippen molar-refractivity contribution in [2.45, 2.75) is 19.9 Å². The average Bonchev–Trinajstić information content (AvgIpc) is 3.29. The molecule has 2 fully saturated rings. The summed E-state index contributed by atoms with van der Waals surface area (Å²) >= 11 is 0. The molecule has 0 bridgehead atoms. The van der Waals surface area contributed by atoms with E-state index in [2.05, 4.69) is 76.2 Å². The number of aromatic nitrogens is 2. The first kappa shape index (κ1) is 20.8. The molecule has 168 valence electrons. The monoisotopic (exact) mass is 432 g/mol. The van der Waals surface area contributed by atoms with Gasteiger partial charge in [0.2, 0.25) is 6.41 Å². The van der Waals surface area contributed by atoms with Gasteiger partial charge < -0.3 is 14.7 Å². The molecule has 7 heteroatoms. The molecule has 4 heterocycles. The molecule has 0 N–H and O–H groups in total. The van der Waals surface area contributed by atoms with Crippen LogP contribution in [0.3, 0.4) is 0 Å². The third kappa shape index (κ3) is 4.05. The molecule has 0 unspecified atom stereocenters. The molecule has 32 heavy (non-hydrogen) atoms. The molecule has 2 aliphatic heterocycles. The van der Waals surface area contributed by atoms with Gasteiger partial charge in [-0.3, -0.25) is 9.69 Å². The Bertz CT molecular complexity index is 1060. The molecule has 0 atom stereocenters. The van der Waals surface area contributed by atoms with Crippen LogP contribution in [0.1, 0.15) is 13.8 Å². The molecule has 5 rings (SSSR count). The number of anilines is 2. The zero-order chi connectivity index (χ0) is 22.1. The van der Waals surface area contributed by atoms with Crippen molar-refractivity contribution in [3.05, 3.63) is 48.8 Å². The minimum Gasteiger partial charge on any atom is -0.369 e. The Labute approximate surface area is 189 Å². The average molecular weight is 433 g/mol. The largest absolute Gasteiger partial charge is 0.369 e. The molecule has 0 radical (unpaired) electrons. The fraction of sp³-hybridized carbons (Fsp3) is 0.440. The van der Waals surface area contributed by atoms with E-state index in [1.54, 1.807) is 0 Å². The van der Waals surface area contributed by atoms with Crippen LogP contribution in [0.2, 0.25) is 0 Å². The van der Waals surface area contributed by atoms with Gasteiger partial charge in [-0.15, -0.1) is 0 Å². The van der Waals surface area contributed by atoms with Crippen molar-refractivity contribution < 1.29 is 4.79 Å². The Morgan fingerprint density at radius 2 is 1.53 bits per heavy atom. The van der Waals surface area contributed by atoms with Crippen molar-refractivity contribution in [2.24, 2.45) is 0 Å². The fourth-order valence-electron chi connectivity index (χ4n) is 4.85. The summed E-state index contributed by atoms with van der Waals surface area (Å²) in [6.45, 7) is 12.2.